The maximum Gasteiger partial charge on any atom is 0.252 e. The number of fused-ring (bicyclic) bond motifs is 1. The van der Waals surface area contributed by atoms with Gasteiger partial charge in [0.25, 0.3) is 5.91 Å². The Kier molecular flexibility index (Phi) is 6.36. The number of hydrogen-bond acceptors (Lipinski definition) is 2. The van der Waals surface area contributed by atoms with E-state index in [1.54, 1.807) is 6.07 Å². The molecule has 2 rings (SSSR count). The van der Waals surface area contributed by atoms with Crippen molar-refractivity contribution in [1.29, 1.82) is 0 Å². The van der Waals surface area contributed by atoms with Crippen molar-refractivity contribution in [3.63, 3.8) is 0 Å². The van der Waals surface area contributed by atoms with Crippen LogP contribution in [-0.2, 0) is 4.79 Å². The topological polar surface area (TPSA) is 58.2 Å². The summed E-state index contributed by atoms with van der Waals surface area (Å²) < 4.78 is 0. The molecule has 1 aromatic carbocycles. The smallest absolute Gasteiger partial charge is 0.252 e. The Morgan fingerprint density at radius 3 is 2.71 bits per heavy atom. The summed E-state index contributed by atoms with van der Waals surface area (Å²) in [4.78, 5) is 24.0. The lowest BCUT2D eigenvalue weighted by atomic mass is 10.0. The first-order valence-electron chi connectivity index (χ1n) is 8.43. The molecule has 0 spiro atoms. The third kappa shape index (κ3) is 5.08. The van der Waals surface area contributed by atoms with Crippen LogP contribution in [0.2, 0.25) is 0 Å². The minimum Gasteiger partial charge on any atom is -0.353 e. The van der Waals surface area contributed by atoms with Crippen molar-refractivity contribution in [1.82, 2.24) is 10.6 Å². The molecule has 0 fully saturated rings. The van der Waals surface area contributed by atoms with Crippen molar-refractivity contribution in [2.24, 2.45) is 0 Å². The molecule has 1 heterocycles. The number of amides is 2. The Morgan fingerprint density at radius 1 is 1.21 bits per heavy atom. The van der Waals surface area contributed by atoms with E-state index in [1.807, 2.05) is 18.2 Å². The fraction of sp³-hybridized carbons (Fsp3) is 0.400. The van der Waals surface area contributed by atoms with Gasteiger partial charge in [0.1, 0.15) is 0 Å². The van der Waals surface area contributed by atoms with Crippen LogP contribution in [-0.4, -0.2) is 18.4 Å². The molecule has 0 saturated heterocycles. The van der Waals surface area contributed by atoms with Gasteiger partial charge in [0, 0.05) is 12.1 Å². The zero-order chi connectivity index (χ0) is 17.5. The number of benzene rings is 1. The molecular formula is C20H26N2O2. The highest BCUT2D eigenvalue weighted by atomic mass is 16.2. The lowest BCUT2D eigenvalue weighted by molar-refractivity contribution is -0.121. The number of rotatable bonds is 7. The summed E-state index contributed by atoms with van der Waals surface area (Å²) in [6.07, 6.45) is 6.58. The first-order chi connectivity index (χ1) is 11.5. The van der Waals surface area contributed by atoms with Crippen LogP contribution in [0.4, 0.5) is 0 Å². The molecular weight excluding hydrogens is 300 g/mol. The van der Waals surface area contributed by atoms with Gasteiger partial charge in [-0.2, -0.15) is 0 Å². The molecule has 1 aliphatic heterocycles. The lowest BCUT2D eigenvalue weighted by Crippen LogP contribution is -2.29. The Morgan fingerprint density at radius 2 is 1.96 bits per heavy atom. The van der Waals surface area contributed by atoms with Gasteiger partial charge < -0.3 is 10.6 Å². The Balaban J connectivity index is 1.78. The second-order valence-electron chi connectivity index (χ2n) is 6.49. The molecule has 0 radical (unpaired) electrons. The van der Waals surface area contributed by atoms with E-state index >= 15 is 0 Å². The fourth-order valence-corrected chi connectivity index (χ4v) is 2.77. The van der Waals surface area contributed by atoms with E-state index in [-0.39, 0.29) is 24.3 Å². The summed E-state index contributed by atoms with van der Waals surface area (Å²) in [5.74, 6) is -0.149. The van der Waals surface area contributed by atoms with E-state index in [2.05, 4.69) is 43.6 Å². The lowest BCUT2D eigenvalue weighted by Gasteiger charge is -2.11. The quantitative estimate of drug-likeness (QED) is 0.751. The Hall–Kier alpha value is -2.36. The van der Waals surface area contributed by atoms with Gasteiger partial charge >= 0.3 is 0 Å². The highest BCUT2D eigenvalue weighted by molar-refractivity contribution is 5.99. The van der Waals surface area contributed by atoms with E-state index in [0.29, 0.717) is 12.1 Å². The van der Waals surface area contributed by atoms with Crippen molar-refractivity contribution in [3.05, 3.63) is 58.7 Å². The average molecular weight is 326 g/mol. The van der Waals surface area contributed by atoms with Gasteiger partial charge in [0.2, 0.25) is 5.91 Å². The standard InChI is InChI=1S/C20H26N2O2/c1-14(2)7-6-8-15(3)11-12-21-19(23)13-18-16-9-4-5-10-17(16)20(24)22-18/h4-5,7,9-11,18H,6,8,12-13H2,1-3H3,(H,21,23)(H,22,24)/b15-11+. The fourth-order valence-electron chi connectivity index (χ4n) is 2.77. The Bertz CT molecular complexity index is 670. The maximum atomic E-state index is 12.1. The van der Waals surface area contributed by atoms with E-state index in [4.69, 9.17) is 0 Å². The number of carbonyl (C=O) groups excluding carboxylic acids is 2. The second kappa shape index (κ2) is 8.48. The third-order valence-electron chi connectivity index (χ3n) is 4.12. The first kappa shape index (κ1) is 18.0. The molecule has 2 amide bonds. The van der Waals surface area contributed by atoms with Gasteiger partial charge in [-0.3, -0.25) is 9.59 Å². The van der Waals surface area contributed by atoms with Gasteiger partial charge in [-0.15, -0.1) is 0 Å². The second-order valence-corrected chi connectivity index (χ2v) is 6.49. The normalized spacial score (nSPS) is 16.4. The molecule has 2 N–H and O–H groups in total. The summed E-state index contributed by atoms with van der Waals surface area (Å²) in [5.41, 5.74) is 4.18. The molecule has 0 saturated carbocycles. The molecule has 1 atom stereocenters. The molecule has 24 heavy (non-hydrogen) atoms. The average Bonchev–Trinajstić information content (AvgIpc) is 2.83. The molecule has 0 aliphatic carbocycles. The van der Waals surface area contributed by atoms with Crippen molar-refractivity contribution in [3.8, 4) is 0 Å². The molecule has 128 valence electrons. The zero-order valence-electron chi connectivity index (χ0n) is 14.7. The van der Waals surface area contributed by atoms with Crippen LogP contribution in [0.25, 0.3) is 0 Å². The van der Waals surface area contributed by atoms with Gasteiger partial charge in [0.05, 0.1) is 12.5 Å². The molecule has 1 aliphatic rings. The van der Waals surface area contributed by atoms with Crippen molar-refractivity contribution in [2.75, 3.05) is 6.54 Å². The Labute approximate surface area is 144 Å². The van der Waals surface area contributed by atoms with Gasteiger partial charge in [-0.05, 0) is 45.2 Å². The highest BCUT2D eigenvalue weighted by Crippen LogP contribution is 2.27. The summed E-state index contributed by atoms with van der Waals surface area (Å²) in [6, 6.07) is 7.20. The van der Waals surface area contributed by atoms with E-state index < -0.39 is 0 Å². The van der Waals surface area contributed by atoms with Gasteiger partial charge in [-0.1, -0.05) is 41.5 Å². The van der Waals surface area contributed by atoms with Crippen LogP contribution >= 0.6 is 0 Å². The van der Waals surface area contributed by atoms with Crippen molar-refractivity contribution in [2.45, 2.75) is 46.1 Å². The highest BCUT2D eigenvalue weighted by Gasteiger charge is 2.29. The molecule has 4 heteroatoms. The van der Waals surface area contributed by atoms with Crippen LogP contribution in [0, 0.1) is 0 Å². The largest absolute Gasteiger partial charge is 0.353 e. The predicted molar refractivity (Wildman–Crippen MR) is 96.7 cm³/mol. The molecule has 0 aromatic heterocycles. The summed E-state index contributed by atoms with van der Waals surface area (Å²) in [6.45, 7) is 6.80. The van der Waals surface area contributed by atoms with Crippen LogP contribution < -0.4 is 10.6 Å². The third-order valence-corrected chi connectivity index (χ3v) is 4.12. The van der Waals surface area contributed by atoms with Gasteiger partial charge in [0.15, 0.2) is 0 Å². The molecule has 4 nitrogen and oxygen atoms in total. The van der Waals surface area contributed by atoms with E-state index in [1.165, 1.54) is 11.1 Å². The summed E-state index contributed by atoms with van der Waals surface area (Å²) >= 11 is 0. The van der Waals surface area contributed by atoms with Crippen molar-refractivity contribution < 1.29 is 9.59 Å². The minimum absolute atomic E-state index is 0.0506. The number of carbonyl (C=O) groups is 2. The first-order valence-corrected chi connectivity index (χ1v) is 8.43. The number of nitrogens with one attached hydrogen (secondary N) is 2. The predicted octanol–water partition coefficient (Wildman–Crippen LogP) is 3.67. The van der Waals surface area contributed by atoms with E-state index in [0.717, 1.165) is 18.4 Å². The summed E-state index contributed by atoms with van der Waals surface area (Å²) in [7, 11) is 0. The van der Waals surface area contributed by atoms with E-state index in [9.17, 15) is 9.59 Å². The SMILES string of the molecule is CC(C)=CCC/C(C)=C/CNC(=O)CC1NC(=O)c2ccccc21. The zero-order valence-corrected chi connectivity index (χ0v) is 14.7. The van der Waals surface area contributed by atoms with Crippen LogP contribution in [0.1, 0.15) is 62.0 Å². The molecule has 1 unspecified atom stereocenters. The van der Waals surface area contributed by atoms with Gasteiger partial charge in [-0.25, -0.2) is 0 Å². The number of allylic oxidation sites excluding steroid dienone is 3. The number of hydrogen-bond donors (Lipinski definition) is 2. The monoisotopic (exact) mass is 326 g/mol. The summed E-state index contributed by atoms with van der Waals surface area (Å²) in [5, 5.41) is 5.77. The van der Waals surface area contributed by atoms with Crippen LogP contribution in [0.5, 0.6) is 0 Å². The van der Waals surface area contributed by atoms with Crippen LogP contribution in [0.3, 0.4) is 0 Å². The molecule has 0 bridgehead atoms. The minimum atomic E-state index is -0.226. The molecule has 1 aromatic rings. The maximum absolute atomic E-state index is 12.1. The van der Waals surface area contributed by atoms with Crippen molar-refractivity contribution >= 4 is 11.8 Å². The van der Waals surface area contributed by atoms with Crippen LogP contribution in [0.15, 0.2) is 47.6 Å².